The van der Waals surface area contributed by atoms with Crippen molar-refractivity contribution in [2.75, 3.05) is 12.8 Å². The molecule has 1 heterocycles. The first kappa shape index (κ1) is 12.8. The van der Waals surface area contributed by atoms with E-state index in [-0.39, 0.29) is 11.7 Å². The van der Waals surface area contributed by atoms with Crippen LogP contribution in [0.1, 0.15) is 46.0 Å². The molecule has 102 valence electrons. The summed E-state index contributed by atoms with van der Waals surface area (Å²) in [6, 6.07) is 0. The third-order valence-electron chi connectivity index (χ3n) is 4.63. The minimum atomic E-state index is -0.145. The fraction of sp³-hybridized carbons (Fsp3) is 0.929. The van der Waals surface area contributed by atoms with Gasteiger partial charge in [0, 0.05) is 11.3 Å². The Balaban J connectivity index is 1.73. The van der Waals surface area contributed by atoms with E-state index < -0.39 is 0 Å². The van der Waals surface area contributed by atoms with Crippen molar-refractivity contribution in [3.8, 4) is 0 Å². The Morgan fingerprint density at radius 3 is 2.50 bits per heavy atom. The predicted molar refractivity (Wildman–Crippen MR) is 75.5 cm³/mol. The molecule has 1 N–H and O–H groups in total. The smallest absolute Gasteiger partial charge is 0.244 e. The first-order chi connectivity index (χ1) is 8.50. The SMILES string of the molecule is CSC1(CN2C(=O)C3(CC3)NC2CC(C)C)CC1. The summed E-state index contributed by atoms with van der Waals surface area (Å²) in [6.45, 7) is 5.44. The number of amides is 1. The third kappa shape index (κ3) is 2.07. The second-order valence-corrected chi connectivity index (χ2v) is 7.97. The molecule has 2 aliphatic carbocycles. The molecule has 0 bridgehead atoms. The molecule has 3 nitrogen and oxygen atoms in total. The molecule has 1 atom stereocenters. The van der Waals surface area contributed by atoms with E-state index in [0.717, 1.165) is 25.8 Å². The van der Waals surface area contributed by atoms with Gasteiger partial charge in [-0.05, 0) is 44.3 Å². The van der Waals surface area contributed by atoms with Crippen LogP contribution < -0.4 is 5.32 Å². The molecule has 0 aromatic heterocycles. The van der Waals surface area contributed by atoms with Crippen molar-refractivity contribution < 1.29 is 4.79 Å². The summed E-state index contributed by atoms with van der Waals surface area (Å²) in [4.78, 5) is 14.7. The molecular formula is C14H24N2OS. The van der Waals surface area contributed by atoms with Crippen LogP contribution in [0.2, 0.25) is 0 Å². The van der Waals surface area contributed by atoms with Gasteiger partial charge in [-0.25, -0.2) is 0 Å². The van der Waals surface area contributed by atoms with E-state index >= 15 is 0 Å². The Kier molecular flexibility index (Phi) is 2.94. The monoisotopic (exact) mass is 268 g/mol. The first-order valence-corrected chi connectivity index (χ1v) is 8.37. The Hall–Kier alpha value is -0.220. The van der Waals surface area contributed by atoms with Crippen molar-refractivity contribution >= 4 is 17.7 Å². The Bertz CT molecular complexity index is 361. The number of nitrogens with one attached hydrogen (secondary N) is 1. The number of carbonyl (C=O) groups is 1. The largest absolute Gasteiger partial charge is 0.324 e. The van der Waals surface area contributed by atoms with Gasteiger partial charge in [0.2, 0.25) is 5.91 Å². The fourth-order valence-electron chi connectivity index (χ4n) is 3.05. The van der Waals surface area contributed by atoms with Gasteiger partial charge in [0.05, 0.1) is 11.7 Å². The standard InChI is InChI=1S/C14H24N2OS/c1-10(2)8-11-15-14(6-7-14)12(17)16(11)9-13(18-3)4-5-13/h10-11,15H,4-9H2,1-3H3. The van der Waals surface area contributed by atoms with Gasteiger partial charge < -0.3 is 4.90 Å². The minimum absolute atomic E-state index is 0.145. The van der Waals surface area contributed by atoms with Crippen LogP contribution >= 0.6 is 11.8 Å². The highest BCUT2D eigenvalue weighted by molar-refractivity contribution is 8.00. The molecule has 0 aromatic carbocycles. The molecule has 1 aliphatic heterocycles. The van der Waals surface area contributed by atoms with Gasteiger partial charge in [-0.1, -0.05) is 13.8 Å². The predicted octanol–water partition coefficient (Wildman–Crippen LogP) is 2.22. The summed E-state index contributed by atoms with van der Waals surface area (Å²) in [5.41, 5.74) is -0.145. The molecule has 3 aliphatic rings. The average Bonchev–Trinajstić information content (AvgIpc) is 3.19. The van der Waals surface area contributed by atoms with Crippen LogP contribution in [0.5, 0.6) is 0 Å². The lowest BCUT2D eigenvalue weighted by Crippen LogP contribution is -2.42. The van der Waals surface area contributed by atoms with E-state index in [1.165, 1.54) is 12.8 Å². The lowest BCUT2D eigenvalue weighted by molar-refractivity contribution is -0.131. The van der Waals surface area contributed by atoms with Crippen molar-refractivity contribution in [3.63, 3.8) is 0 Å². The van der Waals surface area contributed by atoms with Gasteiger partial charge in [-0.2, -0.15) is 11.8 Å². The van der Waals surface area contributed by atoms with E-state index in [2.05, 4.69) is 30.3 Å². The highest BCUT2D eigenvalue weighted by Gasteiger charge is 2.60. The summed E-state index contributed by atoms with van der Waals surface area (Å²) in [5.74, 6) is 1.02. The molecule has 1 spiro atoms. The molecule has 3 fully saturated rings. The number of thioether (sulfide) groups is 1. The maximum Gasteiger partial charge on any atom is 0.244 e. The molecule has 2 saturated carbocycles. The van der Waals surface area contributed by atoms with E-state index in [1.54, 1.807) is 0 Å². The molecule has 1 saturated heterocycles. The lowest BCUT2D eigenvalue weighted by atomic mass is 10.1. The van der Waals surface area contributed by atoms with Gasteiger partial charge in [0.1, 0.15) is 0 Å². The number of rotatable bonds is 5. The van der Waals surface area contributed by atoms with Crippen LogP contribution in [0, 0.1) is 5.92 Å². The zero-order valence-corrected chi connectivity index (χ0v) is 12.5. The van der Waals surface area contributed by atoms with E-state index in [9.17, 15) is 4.79 Å². The van der Waals surface area contributed by atoms with Crippen molar-refractivity contribution in [2.24, 2.45) is 5.92 Å². The molecule has 1 amide bonds. The molecule has 3 rings (SSSR count). The van der Waals surface area contributed by atoms with E-state index in [0.29, 0.717) is 16.6 Å². The Morgan fingerprint density at radius 1 is 1.39 bits per heavy atom. The van der Waals surface area contributed by atoms with Crippen molar-refractivity contribution in [1.82, 2.24) is 10.2 Å². The zero-order chi connectivity index (χ0) is 13.0. The number of carbonyl (C=O) groups excluding carboxylic acids is 1. The Morgan fingerprint density at radius 2 is 2.06 bits per heavy atom. The van der Waals surface area contributed by atoms with E-state index in [1.807, 2.05) is 11.8 Å². The maximum atomic E-state index is 12.6. The van der Waals surface area contributed by atoms with Gasteiger partial charge in [-0.3, -0.25) is 10.1 Å². The normalized spacial score (nSPS) is 31.4. The van der Waals surface area contributed by atoms with E-state index in [4.69, 9.17) is 0 Å². The first-order valence-electron chi connectivity index (χ1n) is 7.14. The second kappa shape index (κ2) is 4.14. The topological polar surface area (TPSA) is 32.3 Å². The molecule has 4 heteroatoms. The Labute approximate surface area is 114 Å². The molecule has 18 heavy (non-hydrogen) atoms. The third-order valence-corrected chi connectivity index (χ3v) is 6.04. The lowest BCUT2D eigenvalue weighted by Gasteiger charge is -2.29. The van der Waals surface area contributed by atoms with Crippen LogP contribution in [-0.2, 0) is 4.79 Å². The van der Waals surface area contributed by atoms with Gasteiger partial charge in [0.15, 0.2) is 0 Å². The average molecular weight is 268 g/mol. The van der Waals surface area contributed by atoms with Crippen molar-refractivity contribution in [3.05, 3.63) is 0 Å². The quantitative estimate of drug-likeness (QED) is 0.830. The molecular weight excluding hydrogens is 244 g/mol. The highest BCUT2D eigenvalue weighted by atomic mass is 32.2. The van der Waals surface area contributed by atoms with Crippen LogP contribution in [0.3, 0.4) is 0 Å². The zero-order valence-electron chi connectivity index (χ0n) is 11.7. The summed E-state index contributed by atoms with van der Waals surface area (Å²) >= 11 is 1.95. The maximum absolute atomic E-state index is 12.6. The van der Waals surface area contributed by atoms with Crippen molar-refractivity contribution in [2.45, 2.75) is 62.4 Å². The molecule has 0 aromatic rings. The van der Waals surface area contributed by atoms with Crippen LogP contribution in [-0.4, -0.2) is 40.1 Å². The van der Waals surface area contributed by atoms with Crippen LogP contribution in [0.25, 0.3) is 0 Å². The molecule has 0 radical (unpaired) electrons. The minimum Gasteiger partial charge on any atom is -0.324 e. The van der Waals surface area contributed by atoms with Crippen LogP contribution in [0.15, 0.2) is 0 Å². The summed E-state index contributed by atoms with van der Waals surface area (Å²) in [6.07, 6.45) is 8.19. The highest BCUT2D eigenvalue weighted by Crippen LogP contribution is 2.50. The number of nitrogens with zero attached hydrogens (tertiary/aromatic N) is 1. The van der Waals surface area contributed by atoms with Crippen molar-refractivity contribution in [1.29, 1.82) is 0 Å². The van der Waals surface area contributed by atoms with Gasteiger partial charge >= 0.3 is 0 Å². The van der Waals surface area contributed by atoms with Gasteiger partial charge in [0.25, 0.3) is 0 Å². The summed E-state index contributed by atoms with van der Waals surface area (Å²) in [7, 11) is 0. The summed E-state index contributed by atoms with van der Waals surface area (Å²) < 4.78 is 0.382. The van der Waals surface area contributed by atoms with Crippen LogP contribution in [0.4, 0.5) is 0 Å². The number of hydrogen-bond acceptors (Lipinski definition) is 3. The molecule has 1 unspecified atom stereocenters. The second-order valence-electron chi connectivity index (χ2n) is 6.69. The van der Waals surface area contributed by atoms with Gasteiger partial charge in [-0.15, -0.1) is 0 Å². The number of hydrogen-bond donors (Lipinski definition) is 1. The summed E-state index contributed by atoms with van der Waals surface area (Å²) in [5, 5.41) is 3.61. The fourth-order valence-corrected chi connectivity index (χ4v) is 3.83.